The van der Waals surface area contributed by atoms with Crippen LogP contribution in [0.1, 0.15) is 48.3 Å². The molecule has 1 heterocycles. The molecule has 0 bridgehead atoms. The lowest BCUT2D eigenvalue weighted by molar-refractivity contribution is -0.150. The van der Waals surface area contributed by atoms with Gasteiger partial charge >= 0.3 is 5.97 Å². The quantitative estimate of drug-likeness (QED) is 0.892. The van der Waals surface area contributed by atoms with Gasteiger partial charge in [0.1, 0.15) is 0 Å². The minimum absolute atomic E-state index is 0.118. The minimum atomic E-state index is -0.857. The molecule has 0 saturated heterocycles. The fourth-order valence-corrected chi connectivity index (χ4v) is 3.00. The van der Waals surface area contributed by atoms with Crippen LogP contribution in [0, 0.1) is 12.3 Å². The second kappa shape index (κ2) is 6.05. The maximum atomic E-state index is 12.2. The Balaban J connectivity index is 2.08. The number of rotatable bonds is 4. The molecule has 116 valence electrons. The third-order valence-corrected chi connectivity index (χ3v) is 4.78. The van der Waals surface area contributed by atoms with Crippen LogP contribution >= 0.6 is 11.6 Å². The summed E-state index contributed by atoms with van der Waals surface area (Å²) in [5.74, 6) is -1.26. The number of carboxylic acids is 1. The van der Waals surface area contributed by atoms with Gasteiger partial charge in [-0.1, -0.05) is 30.9 Å². The fourth-order valence-electron chi connectivity index (χ4n) is 2.76. The summed E-state index contributed by atoms with van der Waals surface area (Å²) >= 11 is 6.07. The second-order valence-corrected chi connectivity index (χ2v) is 6.08. The Morgan fingerprint density at radius 3 is 2.48 bits per heavy atom. The van der Waals surface area contributed by atoms with Crippen molar-refractivity contribution < 1.29 is 14.7 Å². The Morgan fingerprint density at radius 2 is 2.00 bits per heavy atom. The average Bonchev–Trinajstić information content (AvgIpc) is 2.73. The molecular weight excluding hydrogens is 294 g/mol. The lowest BCUT2D eigenvalue weighted by Gasteiger charge is -2.33. The van der Waals surface area contributed by atoms with Crippen molar-refractivity contribution >= 4 is 23.5 Å². The fraction of sp³-hybridized carbons (Fsp3) is 0.643. The molecule has 1 fully saturated rings. The van der Waals surface area contributed by atoms with Crippen LogP contribution in [-0.4, -0.2) is 33.3 Å². The number of amides is 1. The van der Waals surface area contributed by atoms with Gasteiger partial charge in [-0.2, -0.15) is 5.10 Å². The maximum Gasteiger partial charge on any atom is 0.311 e. The van der Waals surface area contributed by atoms with Gasteiger partial charge in [-0.25, -0.2) is 0 Å². The van der Waals surface area contributed by atoms with Crippen molar-refractivity contribution in [3.05, 3.63) is 16.4 Å². The Kier molecular flexibility index (Phi) is 4.56. The Hall–Kier alpha value is -1.56. The van der Waals surface area contributed by atoms with E-state index in [0.717, 1.165) is 19.3 Å². The number of aliphatic carboxylic acids is 1. The van der Waals surface area contributed by atoms with E-state index in [-0.39, 0.29) is 12.2 Å². The molecule has 1 amide bonds. The highest BCUT2D eigenvalue weighted by molar-refractivity contribution is 6.34. The predicted octanol–water partition coefficient (Wildman–Crippen LogP) is 2.15. The lowest BCUT2D eigenvalue weighted by Crippen LogP contribution is -2.44. The summed E-state index contributed by atoms with van der Waals surface area (Å²) in [7, 11) is 1.71. The van der Waals surface area contributed by atoms with Crippen LogP contribution in [0.4, 0.5) is 0 Å². The standard InChI is InChI=1S/C14H20ClN3O3/c1-9-10(15)11(17-18(9)2)12(19)16-8-14(13(20)21)6-4-3-5-7-14/h3-8H2,1-2H3,(H,16,19)(H,20,21). The number of halogens is 1. The molecule has 0 aliphatic heterocycles. The summed E-state index contributed by atoms with van der Waals surface area (Å²) in [6, 6.07) is 0. The molecule has 6 nitrogen and oxygen atoms in total. The largest absolute Gasteiger partial charge is 0.481 e. The van der Waals surface area contributed by atoms with Gasteiger partial charge < -0.3 is 10.4 Å². The van der Waals surface area contributed by atoms with E-state index >= 15 is 0 Å². The predicted molar refractivity (Wildman–Crippen MR) is 78.4 cm³/mol. The molecule has 2 N–H and O–H groups in total. The molecule has 1 aliphatic rings. The van der Waals surface area contributed by atoms with E-state index in [2.05, 4.69) is 10.4 Å². The van der Waals surface area contributed by atoms with Gasteiger partial charge in [-0.05, 0) is 19.8 Å². The molecular formula is C14H20ClN3O3. The molecule has 0 unspecified atom stereocenters. The van der Waals surface area contributed by atoms with Gasteiger partial charge in [0.15, 0.2) is 5.69 Å². The first-order valence-electron chi connectivity index (χ1n) is 7.08. The van der Waals surface area contributed by atoms with Gasteiger partial charge in [0, 0.05) is 13.6 Å². The summed E-state index contributed by atoms with van der Waals surface area (Å²) in [5.41, 5.74) is -0.00930. The molecule has 1 saturated carbocycles. The highest BCUT2D eigenvalue weighted by atomic mass is 35.5. The van der Waals surface area contributed by atoms with Crippen LogP contribution in [0.25, 0.3) is 0 Å². The number of carbonyl (C=O) groups is 2. The molecule has 1 aromatic rings. The minimum Gasteiger partial charge on any atom is -0.481 e. The highest BCUT2D eigenvalue weighted by Gasteiger charge is 2.40. The van der Waals surface area contributed by atoms with Crippen molar-refractivity contribution in [3.63, 3.8) is 0 Å². The molecule has 0 radical (unpaired) electrons. The van der Waals surface area contributed by atoms with Crippen LogP contribution in [0.15, 0.2) is 0 Å². The van der Waals surface area contributed by atoms with Gasteiger partial charge in [0.25, 0.3) is 5.91 Å². The number of nitrogens with zero attached hydrogens (tertiary/aromatic N) is 2. The summed E-state index contributed by atoms with van der Waals surface area (Å²) in [6.07, 6.45) is 4.00. The van der Waals surface area contributed by atoms with E-state index in [1.165, 1.54) is 4.68 Å². The number of hydrogen-bond acceptors (Lipinski definition) is 3. The number of carbonyl (C=O) groups excluding carboxylic acids is 1. The van der Waals surface area contributed by atoms with Crippen molar-refractivity contribution in [1.29, 1.82) is 0 Å². The number of aromatic nitrogens is 2. The summed E-state index contributed by atoms with van der Waals surface area (Å²) < 4.78 is 1.53. The van der Waals surface area contributed by atoms with E-state index in [1.807, 2.05) is 0 Å². The number of carboxylic acid groups (broad SMARTS) is 1. The SMILES string of the molecule is Cc1c(Cl)c(C(=O)NCC2(C(=O)O)CCCCC2)nn1C. The molecule has 0 aromatic carbocycles. The molecule has 1 aromatic heterocycles. The topological polar surface area (TPSA) is 84.2 Å². The van der Waals surface area contributed by atoms with Gasteiger partial charge in [0.05, 0.1) is 16.1 Å². The third kappa shape index (κ3) is 3.05. The highest BCUT2D eigenvalue weighted by Crippen LogP contribution is 2.36. The lowest BCUT2D eigenvalue weighted by atomic mass is 9.74. The van der Waals surface area contributed by atoms with Crippen molar-refractivity contribution in [2.24, 2.45) is 12.5 Å². The van der Waals surface area contributed by atoms with Crippen molar-refractivity contribution in [1.82, 2.24) is 15.1 Å². The zero-order valence-corrected chi connectivity index (χ0v) is 13.0. The van der Waals surface area contributed by atoms with E-state index in [0.29, 0.717) is 23.6 Å². The van der Waals surface area contributed by atoms with Crippen LogP contribution < -0.4 is 5.32 Å². The Labute approximate surface area is 128 Å². The molecule has 0 spiro atoms. The summed E-state index contributed by atoms with van der Waals surface area (Å²) in [5, 5.41) is 16.5. The maximum absolute atomic E-state index is 12.2. The summed E-state index contributed by atoms with van der Waals surface area (Å²) in [6.45, 7) is 1.89. The van der Waals surface area contributed by atoms with Crippen LogP contribution in [0.5, 0.6) is 0 Å². The van der Waals surface area contributed by atoms with Gasteiger partial charge in [0.2, 0.25) is 0 Å². The smallest absolute Gasteiger partial charge is 0.311 e. The molecule has 21 heavy (non-hydrogen) atoms. The number of nitrogens with one attached hydrogen (secondary N) is 1. The Morgan fingerprint density at radius 1 is 1.38 bits per heavy atom. The zero-order chi connectivity index (χ0) is 15.6. The average molecular weight is 314 g/mol. The molecule has 1 aliphatic carbocycles. The Bertz CT molecular complexity index is 562. The van der Waals surface area contributed by atoms with Crippen molar-refractivity contribution in [2.75, 3.05) is 6.54 Å². The number of aryl methyl sites for hydroxylation is 1. The van der Waals surface area contributed by atoms with Crippen molar-refractivity contribution in [2.45, 2.75) is 39.0 Å². The van der Waals surface area contributed by atoms with E-state index in [4.69, 9.17) is 11.6 Å². The van der Waals surface area contributed by atoms with Crippen LogP contribution in [-0.2, 0) is 11.8 Å². The first kappa shape index (κ1) is 15.8. The van der Waals surface area contributed by atoms with E-state index < -0.39 is 17.3 Å². The third-order valence-electron chi connectivity index (χ3n) is 4.33. The van der Waals surface area contributed by atoms with Gasteiger partial charge in [-0.3, -0.25) is 14.3 Å². The van der Waals surface area contributed by atoms with Gasteiger partial charge in [-0.15, -0.1) is 0 Å². The second-order valence-electron chi connectivity index (χ2n) is 5.70. The molecule has 0 atom stereocenters. The molecule has 2 rings (SSSR count). The first-order chi connectivity index (χ1) is 9.87. The molecule has 7 heteroatoms. The van der Waals surface area contributed by atoms with E-state index in [9.17, 15) is 14.7 Å². The first-order valence-corrected chi connectivity index (χ1v) is 7.46. The normalized spacial score (nSPS) is 17.5. The zero-order valence-electron chi connectivity index (χ0n) is 12.3. The van der Waals surface area contributed by atoms with Crippen molar-refractivity contribution in [3.8, 4) is 0 Å². The van der Waals surface area contributed by atoms with E-state index in [1.54, 1.807) is 14.0 Å². The monoisotopic (exact) mass is 313 g/mol. The number of hydrogen-bond donors (Lipinski definition) is 2. The van der Waals surface area contributed by atoms with Crippen LogP contribution in [0.3, 0.4) is 0 Å². The summed E-state index contributed by atoms with van der Waals surface area (Å²) in [4.78, 5) is 23.7. The van der Waals surface area contributed by atoms with Crippen LogP contribution in [0.2, 0.25) is 5.02 Å².